The SMILES string of the molecule is [B][B][C@H](CPCC(C)(C)C)PCC(C)(C)C. The van der Waals surface area contributed by atoms with E-state index < -0.39 is 0 Å². The maximum absolute atomic E-state index is 5.74. The molecule has 4 heteroatoms. The van der Waals surface area contributed by atoms with Gasteiger partial charge in [0.2, 0.25) is 0 Å². The molecule has 0 aromatic heterocycles. The fourth-order valence-electron chi connectivity index (χ4n) is 1.25. The van der Waals surface area contributed by atoms with Crippen molar-refractivity contribution in [2.45, 2.75) is 47.1 Å². The molecule has 3 atom stereocenters. The molecule has 0 aromatic carbocycles. The highest BCUT2D eigenvalue weighted by Gasteiger charge is 2.15. The quantitative estimate of drug-likeness (QED) is 0.502. The molecule has 16 heavy (non-hydrogen) atoms. The van der Waals surface area contributed by atoms with Gasteiger partial charge in [0.15, 0.2) is 0 Å². The summed E-state index contributed by atoms with van der Waals surface area (Å²) in [5.41, 5.74) is 1.58. The summed E-state index contributed by atoms with van der Waals surface area (Å²) in [7, 11) is 9.72. The molecule has 0 saturated carbocycles. The Kier molecular flexibility index (Phi) is 7.89. The predicted molar refractivity (Wildman–Crippen MR) is 85.4 cm³/mol. The van der Waals surface area contributed by atoms with Crippen molar-refractivity contribution < 1.29 is 0 Å². The van der Waals surface area contributed by atoms with Crippen LogP contribution >= 0.6 is 17.2 Å². The summed E-state index contributed by atoms with van der Waals surface area (Å²) in [4.78, 5) is 0. The summed E-state index contributed by atoms with van der Waals surface area (Å²) in [5, 5.41) is 0. The number of hydrogen-bond acceptors (Lipinski definition) is 0. The monoisotopic (exact) mass is 255 g/mol. The lowest BCUT2D eigenvalue weighted by atomic mass is 9.53. The molecule has 0 saturated heterocycles. The van der Waals surface area contributed by atoms with E-state index in [0.717, 1.165) is 17.2 Å². The van der Waals surface area contributed by atoms with Gasteiger partial charge < -0.3 is 0 Å². The van der Waals surface area contributed by atoms with E-state index in [2.05, 4.69) is 41.5 Å². The molecule has 0 amide bonds. The first-order valence-electron chi connectivity index (χ1n) is 6.13. The van der Waals surface area contributed by atoms with Crippen molar-refractivity contribution in [3.05, 3.63) is 0 Å². The van der Waals surface area contributed by atoms with Crippen LogP contribution in [0, 0.1) is 10.8 Å². The maximum Gasteiger partial charge on any atom is 0.0647 e. The van der Waals surface area contributed by atoms with E-state index in [0.29, 0.717) is 16.4 Å². The maximum atomic E-state index is 5.74. The van der Waals surface area contributed by atoms with E-state index in [1.807, 2.05) is 7.17 Å². The lowest BCUT2D eigenvalue weighted by Crippen LogP contribution is -2.19. The second kappa shape index (κ2) is 7.43. The van der Waals surface area contributed by atoms with E-state index in [4.69, 9.17) is 7.74 Å². The van der Waals surface area contributed by atoms with Gasteiger partial charge in [-0.05, 0) is 29.3 Å². The van der Waals surface area contributed by atoms with Gasteiger partial charge in [-0.3, -0.25) is 0 Å². The Bertz CT molecular complexity index is 182. The van der Waals surface area contributed by atoms with Gasteiger partial charge >= 0.3 is 0 Å². The van der Waals surface area contributed by atoms with Gasteiger partial charge in [0, 0.05) is 7.74 Å². The van der Waals surface area contributed by atoms with E-state index in [-0.39, 0.29) is 0 Å². The first kappa shape index (κ1) is 17.0. The van der Waals surface area contributed by atoms with Crippen LogP contribution < -0.4 is 0 Å². The molecule has 0 aliphatic rings. The highest BCUT2D eigenvalue weighted by molar-refractivity contribution is 7.46. The summed E-state index contributed by atoms with van der Waals surface area (Å²) >= 11 is 0. The summed E-state index contributed by atoms with van der Waals surface area (Å²) in [6, 6.07) is 0. The number of hydrogen-bond donors (Lipinski definition) is 0. The molecule has 0 aliphatic carbocycles. The van der Waals surface area contributed by atoms with Gasteiger partial charge in [0.05, 0.1) is 7.17 Å². The molecule has 0 spiro atoms. The Morgan fingerprint density at radius 3 is 1.88 bits per heavy atom. The van der Waals surface area contributed by atoms with Crippen molar-refractivity contribution in [2.75, 3.05) is 18.5 Å². The summed E-state index contributed by atoms with van der Waals surface area (Å²) in [6.07, 6.45) is 3.92. The van der Waals surface area contributed by atoms with Crippen molar-refractivity contribution >= 4 is 32.1 Å². The first-order chi connectivity index (χ1) is 7.14. The Morgan fingerprint density at radius 2 is 1.50 bits per heavy atom. The highest BCUT2D eigenvalue weighted by atomic mass is 31.1. The minimum absolute atomic E-state index is 0.451. The molecule has 3 radical (unpaired) electrons. The average molecular weight is 255 g/mol. The van der Waals surface area contributed by atoms with Crippen LogP contribution in [0.2, 0.25) is 0 Å². The summed E-state index contributed by atoms with van der Waals surface area (Å²) in [5.74, 6) is 0. The molecular weight excluding hydrogens is 228 g/mol. The predicted octanol–water partition coefficient (Wildman–Crippen LogP) is 3.55. The molecule has 0 aliphatic heterocycles. The Balaban J connectivity index is 3.76. The van der Waals surface area contributed by atoms with Gasteiger partial charge in [0.25, 0.3) is 0 Å². The minimum atomic E-state index is 0.451. The van der Waals surface area contributed by atoms with Crippen molar-refractivity contribution in [1.82, 2.24) is 0 Å². The summed E-state index contributed by atoms with van der Waals surface area (Å²) in [6.45, 7) is 13.9. The van der Waals surface area contributed by atoms with Gasteiger partial charge in [-0.2, -0.15) is 0 Å². The standard InChI is InChI=1S/C12H27B2P2/c1-11(2,3)8-15-7-10(14-13)16-9-12(4,5)6/h10,15-16H,7-9H2,1-6H3/t10-/m0/s1. The fraction of sp³-hybridized carbons (Fsp3) is 1.00. The van der Waals surface area contributed by atoms with Gasteiger partial charge in [-0.1, -0.05) is 47.1 Å². The van der Waals surface area contributed by atoms with Gasteiger partial charge in [-0.25, -0.2) is 0 Å². The van der Waals surface area contributed by atoms with Crippen LogP contribution in [0.1, 0.15) is 41.5 Å². The minimum Gasteiger partial charge on any atom is -0.127 e. The van der Waals surface area contributed by atoms with Crippen LogP contribution in [0.15, 0.2) is 0 Å². The van der Waals surface area contributed by atoms with E-state index in [1.165, 1.54) is 18.5 Å². The summed E-state index contributed by atoms with van der Waals surface area (Å²) < 4.78 is 0. The molecule has 91 valence electrons. The van der Waals surface area contributed by atoms with Crippen LogP contribution in [-0.4, -0.2) is 39.0 Å². The largest absolute Gasteiger partial charge is 0.127 e. The number of rotatable bonds is 6. The van der Waals surface area contributed by atoms with Crippen LogP contribution in [0.25, 0.3) is 0 Å². The van der Waals surface area contributed by atoms with Gasteiger partial charge in [0.1, 0.15) is 0 Å². The highest BCUT2D eigenvalue weighted by Crippen LogP contribution is 2.33. The zero-order valence-electron chi connectivity index (χ0n) is 11.9. The fourth-order valence-corrected chi connectivity index (χ4v) is 4.61. The second-order valence-corrected chi connectivity index (χ2v) is 9.70. The van der Waals surface area contributed by atoms with Crippen LogP contribution in [0.3, 0.4) is 0 Å². The first-order valence-corrected chi connectivity index (χ1v) is 8.83. The Morgan fingerprint density at radius 1 is 1.00 bits per heavy atom. The lowest BCUT2D eigenvalue weighted by Gasteiger charge is -2.24. The molecule has 0 fully saturated rings. The van der Waals surface area contributed by atoms with Crippen LogP contribution in [0.4, 0.5) is 0 Å². The van der Waals surface area contributed by atoms with Gasteiger partial charge in [-0.15, -0.1) is 17.2 Å². The van der Waals surface area contributed by atoms with Crippen LogP contribution in [0.5, 0.6) is 0 Å². The molecule has 0 aromatic rings. The van der Waals surface area contributed by atoms with E-state index in [9.17, 15) is 0 Å². The molecular formula is C12H27B2P2. The van der Waals surface area contributed by atoms with E-state index >= 15 is 0 Å². The van der Waals surface area contributed by atoms with Crippen LogP contribution in [-0.2, 0) is 0 Å². The average Bonchev–Trinajstić information content (AvgIpc) is 2.07. The normalized spacial score (nSPS) is 16.4. The van der Waals surface area contributed by atoms with Crippen molar-refractivity contribution in [1.29, 1.82) is 0 Å². The topological polar surface area (TPSA) is 0 Å². The second-order valence-electron chi connectivity index (χ2n) is 6.93. The lowest BCUT2D eigenvalue weighted by molar-refractivity contribution is 0.477. The third-order valence-electron chi connectivity index (χ3n) is 2.15. The van der Waals surface area contributed by atoms with Crippen molar-refractivity contribution in [3.63, 3.8) is 0 Å². The zero-order chi connectivity index (χ0) is 12.8. The molecule has 0 rings (SSSR count). The van der Waals surface area contributed by atoms with Crippen molar-refractivity contribution in [3.8, 4) is 0 Å². The molecule has 0 N–H and O–H groups in total. The Labute approximate surface area is 109 Å². The zero-order valence-corrected chi connectivity index (χ0v) is 13.9. The molecule has 0 bridgehead atoms. The smallest absolute Gasteiger partial charge is 0.0647 e. The molecule has 0 heterocycles. The molecule has 0 nitrogen and oxygen atoms in total. The third-order valence-corrected chi connectivity index (χ3v) is 6.78. The van der Waals surface area contributed by atoms with E-state index in [1.54, 1.807) is 0 Å². The van der Waals surface area contributed by atoms with Crippen molar-refractivity contribution in [2.24, 2.45) is 10.8 Å². The Hall–Kier alpha value is 0.990. The molecule has 2 unspecified atom stereocenters. The third kappa shape index (κ3) is 11.5.